The molecular formula is C15H25N3O2S. The number of nitrogens with zero attached hydrogens (tertiary/aromatic N) is 3. The van der Waals surface area contributed by atoms with Crippen molar-refractivity contribution in [2.45, 2.75) is 44.3 Å². The van der Waals surface area contributed by atoms with Crippen molar-refractivity contribution in [1.29, 1.82) is 0 Å². The first-order valence-electron chi connectivity index (χ1n) is 7.50. The van der Waals surface area contributed by atoms with Gasteiger partial charge >= 0.3 is 5.97 Å². The Kier molecular flexibility index (Phi) is 5.32. The molecule has 1 aromatic heterocycles. The summed E-state index contributed by atoms with van der Waals surface area (Å²) in [4.78, 5) is 17.7. The lowest BCUT2D eigenvalue weighted by atomic mass is 9.93. The topological polar surface area (TPSA) is 58.4 Å². The molecule has 2 rings (SSSR count). The molecule has 0 amide bonds. The zero-order valence-electron chi connectivity index (χ0n) is 13.2. The lowest BCUT2D eigenvalue weighted by Gasteiger charge is -2.37. The normalized spacial score (nSPS) is 23.7. The van der Waals surface area contributed by atoms with Crippen LogP contribution in [0.3, 0.4) is 0 Å². The van der Waals surface area contributed by atoms with Gasteiger partial charge in [0.25, 0.3) is 0 Å². The number of hydrogen-bond donors (Lipinski definition) is 1. The van der Waals surface area contributed by atoms with Crippen LogP contribution in [0.5, 0.6) is 0 Å². The van der Waals surface area contributed by atoms with Crippen LogP contribution in [0.1, 0.15) is 44.8 Å². The molecule has 0 aromatic carbocycles. The van der Waals surface area contributed by atoms with Crippen LogP contribution in [-0.2, 0) is 4.79 Å². The number of likely N-dealkylation sites (tertiary alicyclic amines) is 1. The summed E-state index contributed by atoms with van der Waals surface area (Å²) in [5.74, 6) is 0.204. The first-order chi connectivity index (χ1) is 9.90. The minimum atomic E-state index is -0.794. The van der Waals surface area contributed by atoms with Crippen molar-refractivity contribution in [2.24, 2.45) is 5.92 Å². The van der Waals surface area contributed by atoms with Crippen molar-refractivity contribution < 1.29 is 9.90 Å². The average Bonchev–Trinajstić information content (AvgIpc) is 2.80. The van der Waals surface area contributed by atoms with E-state index in [9.17, 15) is 4.79 Å². The zero-order valence-corrected chi connectivity index (χ0v) is 14.1. The number of carboxylic acids is 1. The number of imidazole rings is 1. The van der Waals surface area contributed by atoms with Gasteiger partial charge in [-0.05, 0) is 31.8 Å². The third-order valence-corrected chi connectivity index (χ3v) is 5.05. The Hall–Kier alpha value is -1.01. The summed E-state index contributed by atoms with van der Waals surface area (Å²) < 4.78 is 2.30. The third-order valence-electron chi connectivity index (χ3n) is 4.10. The van der Waals surface area contributed by atoms with Crippen LogP contribution in [0.2, 0.25) is 0 Å². The van der Waals surface area contributed by atoms with E-state index < -0.39 is 5.97 Å². The van der Waals surface area contributed by atoms with E-state index in [1.54, 1.807) is 0 Å². The maximum Gasteiger partial charge on any atom is 0.313 e. The Morgan fingerprint density at radius 3 is 2.86 bits per heavy atom. The lowest BCUT2D eigenvalue weighted by molar-refractivity contribution is -0.133. The molecule has 0 radical (unpaired) electrons. The van der Waals surface area contributed by atoms with E-state index in [1.807, 2.05) is 6.20 Å². The molecule has 1 saturated heterocycles. The number of aliphatic carboxylic acids is 1. The largest absolute Gasteiger partial charge is 0.481 e. The molecule has 1 N–H and O–H groups in total. The molecule has 1 fully saturated rings. The fourth-order valence-electron chi connectivity index (χ4n) is 3.08. The average molecular weight is 311 g/mol. The molecule has 2 atom stereocenters. The summed E-state index contributed by atoms with van der Waals surface area (Å²) in [6.45, 7) is 8.75. The smallest absolute Gasteiger partial charge is 0.313 e. The van der Waals surface area contributed by atoms with Gasteiger partial charge in [0.1, 0.15) is 0 Å². The minimum Gasteiger partial charge on any atom is -0.481 e. The second kappa shape index (κ2) is 6.83. The van der Waals surface area contributed by atoms with Gasteiger partial charge in [-0.15, -0.1) is 0 Å². The Bertz CT molecular complexity index is 501. The molecule has 0 aliphatic carbocycles. The van der Waals surface area contributed by atoms with E-state index in [2.05, 4.69) is 42.3 Å². The monoisotopic (exact) mass is 311 g/mol. The zero-order chi connectivity index (χ0) is 15.6. The summed E-state index contributed by atoms with van der Waals surface area (Å²) in [5.41, 5.74) is 1.21. The standard InChI is InChI=1S/C15H25N3O2S/c1-10(2)13-7-16-15(21-9-14(19)20)18(13)12-5-6-17(4)8-11(12)3/h7,10-12H,5-6,8-9H2,1-4H3,(H,19,20). The van der Waals surface area contributed by atoms with Gasteiger partial charge in [0.15, 0.2) is 5.16 Å². The fourth-order valence-corrected chi connectivity index (χ4v) is 3.83. The maximum absolute atomic E-state index is 10.8. The van der Waals surface area contributed by atoms with Gasteiger partial charge in [-0.1, -0.05) is 32.5 Å². The van der Waals surface area contributed by atoms with Crippen LogP contribution in [0, 0.1) is 5.92 Å². The summed E-state index contributed by atoms with van der Waals surface area (Å²) in [6, 6.07) is 0.414. The molecule has 118 valence electrons. The number of carbonyl (C=O) groups is 1. The molecular weight excluding hydrogens is 286 g/mol. The molecule has 0 bridgehead atoms. The Labute approximate surface area is 130 Å². The van der Waals surface area contributed by atoms with Crippen molar-refractivity contribution in [2.75, 3.05) is 25.9 Å². The first-order valence-corrected chi connectivity index (χ1v) is 8.49. The van der Waals surface area contributed by atoms with Crippen molar-refractivity contribution >= 4 is 17.7 Å². The second-order valence-electron chi connectivity index (χ2n) is 6.27. The van der Waals surface area contributed by atoms with Crippen LogP contribution >= 0.6 is 11.8 Å². The number of carboxylic acid groups (broad SMARTS) is 1. The van der Waals surface area contributed by atoms with Crippen LogP contribution in [0.15, 0.2) is 11.4 Å². The highest BCUT2D eigenvalue weighted by atomic mass is 32.2. The van der Waals surface area contributed by atoms with Gasteiger partial charge < -0.3 is 14.6 Å². The molecule has 1 aliphatic rings. The Morgan fingerprint density at radius 2 is 2.29 bits per heavy atom. The molecule has 2 heterocycles. The van der Waals surface area contributed by atoms with Crippen molar-refractivity contribution in [3.63, 3.8) is 0 Å². The predicted molar refractivity (Wildman–Crippen MR) is 85.0 cm³/mol. The van der Waals surface area contributed by atoms with Crippen LogP contribution < -0.4 is 0 Å². The highest BCUT2D eigenvalue weighted by Crippen LogP contribution is 2.35. The molecule has 0 saturated carbocycles. The molecule has 21 heavy (non-hydrogen) atoms. The van der Waals surface area contributed by atoms with E-state index in [4.69, 9.17) is 5.11 Å². The number of aromatic nitrogens is 2. The number of hydrogen-bond acceptors (Lipinski definition) is 4. The van der Waals surface area contributed by atoms with Crippen LogP contribution in [0.4, 0.5) is 0 Å². The van der Waals surface area contributed by atoms with Gasteiger partial charge in [-0.25, -0.2) is 4.98 Å². The molecule has 5 nitrogen and oxygen atoms in total. The van der Waals surface area contributed by atoms with Gasteiger partial charge in [-0.2, -0.15) is 0 Å². The fraction of sp³-hybridized carbons (Fsp3) is 0.733. The van der Waals surface area contributed by atoms with Gasteiger partial charge in [0, 0.05) is 24.5 Å². The van der Waals surface area contributed by atoms with Crippen molar-refractivity contribution in [1.82, 2.24) is 14.5 Å². The van der Waals surface area contributed by atoms with Crippen LogP contribution in [-0.4, -0.2) is 51.4 Å². The predicted octanol–water partition coefficient (Wildman–Crippen LogP) is 2.70. The van der Waals surface area contributed by atoms with Crippen LogP contribution in [0.25, 0.3) is 0 Å². The van der Waals surface area contributed by atoms with Gasteiger partial charge in [0.05, 0.1) is 5.75 Å². The summed E-state index contributed by atoms with van der Waals surface area (Å²) in [6.07, 6.45) is 3.01. The second-order valence-corrected chi connectivity index (χ2v) is 7.21. The summed E-state index contributed by atoms with van der Waals surface area (Å²) >= 11 is 1.33. The Balaban J connectivity index is 2.29. The highest BCUT2D eigenvalue weighted by molar-refractivity contribution is 7.99. The summed E-state index contributed by atoms with van der Waals surface area (Å²) in [5, 5.41) is 9.76. The van der Waals surface area contributed by atoms with Crippen molar-refractivity contribution in [3.05, 3.63) is 11.9 Å². The third kappa shape index (κ3) is 3.80. The van der Waals surface area contributed by atoms with Crippen molar-refractivity contribution in [3.8, 4) is 0 Å². The molecule has 0 spiro atoms. The molecule has 1 aliphatic heterocycles. The molecule has 2 unspecified atom stereocenters. The number of rotatable bonds is 5. The van der Waals surface area contributed by atoms with E-state index in [-0.39, 0.29) is 5.75 Å². The van der Waals surface area contributed by atoms with E-state index in [1.165, 1.54) is 17.5 Å². The van der Waals surface area contributed by atoms with E-state index in [0.717, 1.165) is 24.7 Å². The minimum absolute atomic E-state index is 0.0650. The van der Waals surface area contributed by atoms with E-state index >= 15 is 0 Å². The van der Waals surface area contributed by atoms with Gasteiger partial charge in [0.2, 0.25) is 0 Å². The first kappa shape index (κ1) is 16.4. The Morgan fingerprint density at radius 1 is 1.57 bits per heavy atom. The SMILES string of the molecule is CC(C)c1cnc(SCC(=O)O)n1C1CCN(C)CC1C. The summed E-state index contributed by atoms with van der Waals surface area (Å²) in [7, 11) is 2.16. The highest BCUT2D eigenvalue weighted by Gasteiger charge is 2.29. The number of piperidine rings is 1. The van der Waals surface area contributed by atoms with Gasteiger partial charge in [-0.3, -0.25) is 4.79 Å². The molecule has 6 heteroatoms. The maximum atomic E-state index is 10.8. The lowest BCUT2D eigenvalue weighted by Crippen LogP contribution is -2.38. The number of thioether (sulfide) groups is 1. The molecule has 1 aromatic rings. The quantitative estimate of drug-likeness (QED) is 0.847. The van der Waals surface area contributed by atoms with E-state index in [0.29, 0.717) is 17.9 Å².